The first-order valence-electron chi connectivity index (χ1n) is 10.6. The van der Waals surface area contributed by atoms with E-state index in [2.05, 4.69) is 30.6 Å². The lowest BCUT2D eigenvalue weighted by molar-refractivity contribution is -0.137. The quantitative estimate of drug-likeness (QED) is 0.255. The molecule has 0 aliphatic carbocycles. The molecule has 0 aliphatic heterocycles. The van der Waals surface area contributed by atoms with Gasteiger partial charge in [0.1, 0.15) is 11.5 Å². The third kappa shape index (κ3) is 4.86. The molecule has 0 saturated carbocycles. The molecule has 0 amide bonds. The molecule has 5 aromatic rings. The van der Waals surface area contributed by atoms with Crippen molar-refractivity contribution in [1.29, 1.82) is 0 Å². The Morgan fingerprint density at radius 2 is 1.71 bits per heavy atom. The number of anilines is 3. The molecule has 0 bridgehead atoms. The van der Waals surface area contributed by atoms with Crippen LogP contribution in [0.4, 0.5) is 30.8 Å². The van der Waals surface area contributed by atoms with Gasteiger partial charge in [0, 0.05) is 18.9 Å². The predicted octanol–water partition coefficient (Wildman–Crippen LogP) is 6.62. The third-order valence-corrected chi connectivity index (χ3v) is 5.23. The standard InChI is InChI=1S/C25H19F3N6O/c1-29-23-30-13-19-20(33-23)6-3-7-22(19)35-18-10-8-15(9-11-18)21-14-31-24(34-21)32-17-5-2-4-16(12-17)25(26,27)28/h2-14H,1H3,(H,29,30,33)(H2,31,32,34). The summed E-state index contributed by atoms with van der Waals surface area (Å²) in [5.74, 6) is 2.12. The number of aromatic nitrogens is 4. The minimum Gasteiger partial charge on any atom is -0.457 e. The Bertz CT molecular complexity index is 1480. The van der Waals surface area contributed by atoms with Crippen LogP contribution in [0.3, 0.4) is 0 Å². The van der Waals surface area contributed by atoms with Crippen LogP contribution in [0, 0.1) is 0 Å². The highest BCUT2D eigenvalue weighted by Gasteiger charge is 2.30. The number of hydrogen-bond donors (Lipinski definition) is 3. The van der Waals surface area contributed by atoms with Gasteiger partial charge in [-0.2, -0.15) is 13.2 Å². The van der Waals surface area contributed by atoms with Gasteiger partial charge in [0.05, 0.1) is 28.4 Å². The number of benzene rings is 3. The van der Waals surface area contributed by atoms with E-state index in [-0.39, 0.29) is 5.69 Å². The molecule has 0 radical (unpaired) electrons. The molecule has 3 N–H and O–H groups in total. The Kier molecular flexibility index (Phi) is 5.69. The number of ether oxygens (including phenoxy) is 1. The van der Waals surface area contributed by atoms with Gasteiger partial charge >= 0.3 is 6.18 Å². The van der Waals surface area contributed by atoms with Crippen molar-refractivity contribution in [2.75, 3.05) is 17.7 Å². The average molecular weight is 476 g/mol. The number of nitrogens with zero attached hydrogens (tertiary/aromatic N) is 3. The zero-order valence-electron chi connectivity index (χ0n) is 18.4. The van der Waals surface area contributed by atoms with E-state index >= 15 is 0 Å². The second-order valence-corrected chi connectivity index (χ2v) is 7.61. The number of hydrogen-bond acceptors (Lipinski definition) is 6. The van der Waals surface area contributed by atoms with Crippen LogP contribution in [0.25, 0.3) is 22.2 Å². The van der Waals surface area contributed by atoms with Gasteiger partial charge < -0.3 is 20.4 Å². The van der Waals surface area contributed by atoms with E-state index in [1.165, 1.54) is 6.07 Å². The molecular weight excluding hydrogens is 457 g/mol. The largest absolute Gasteiger partial charge is 0.457 e. The summed E-state index contributed by atoms with van der Waals surface area (Å²) in [4.78, 5) is 16.0. The van der Waals surface area contributed by atoms with Crippen LogP contribution in [0.5, 0.6) is 11.5 Å². The maximum atomic E-state index is 12.9. The van der Waals surface area contributed by atoms with Gasteiger partial charge in [-0.3, -0.25) is 0 Å². The smallest absolute Gasteiger partial charge is 0.416 e. The zero-order chi connectivity index (χ0) is 24.4. The number of halogens is 3. The van der Waals surface area contributed by atoms with Gasteiger partial charge in [0.2, 0.25) is 11.9 Å². The van der Waals surface area contributed by atoms with Crippen molar-refractivity contribution in [2.24, 2.45) is 0 Å². The van der Waals surface area contributed by atoms with Crippen molar-refractivity contribution in [1.82, 2.24) is 19.9 Å². The van der Waals surface area contributed by atoms with E-state index < -0.39 is 11.7 Å². The number of imidazole rings is 1. The molecule has 0 fully saturated rings. The number of fused-ring (bicyclic) bond motifs is 1. The minimum absolute atomic E-state index is 0.283. The molecule has 3 aromatic carbocycles. The highest BCUT2D eigenvalue weighted by atomic mass is 19.4. The lowest BCUT2D eigenvalue weighted by Crippen LogP contribution is -2.05. The lowest BCUT2D eigenvalue weighted by atomic mass is 10.1. The van der Waals surface area contributed by atoms with E-state index in [1.54, 1.807) is 25.5 Å². The molecule has 0 atom stereocenters. The summed E-state index contributed by atoms with van der Waals surface area (Å²) in [6.07, 6.45) is -1.10. The van der Waals surface area contributed by atoms with E-state index in [4.69, 9.17) is 4.74 Å². The first-order chi connectivity index (χ1) is 16.9. The molecular formula is C25H19F3N6O. The molecule has 2 heterocycles. The van der Waals surface area contributed by atoms with Crippen LogP contribution in [-0.4, -0.2) is 27.0 Å². The van der Waals surface area contributed by atoms with E-state index in [1.807, 2.05) is 42.5 Å². The van der Waals surface area contributed by atoms with Gasteiger partial charge in [0.15, 0.2) is 0 Å². The van der Waals surface area contributed by atoms with Crippen LogP contribution in [0.2, 0.25) is 0 Å². The van der Waals surface area contributed by atoms with Crippen molar-refractivity contribution in [3.63, 3.8) is 0 Å². The average Bonchev–Trinajstić information content (AvgIpc) is 3.32. The SMILES string of the molecule is CNc1ncc2c(Oc3ccc(-c4cnc(Nc5cccc(C(F)(F)F)c5)[nH]4)cc3)cccc2n1. The van der Waals surface area contributed by atoms with Gasteiger partial charge in [0.25, 0.3) is 0 Å². The molecule has 35 heavy (non-hydrogen) atoms. The number of rotatable bonds is 6. The van der Waals surface area contributed by atoms with Crippen LogP contribution >= 0.6 is 0 Å². The van der Waals surface area contributed by atoms with Crippen LogP contribution < -0.4 is 15.4 Å². The molecule has 0 aliphatic rings. The van der Waals surface area contributed by atoms with Gasteiger partial charge in [-0.25, -0.2) is 15.0 Å². The predicted molar refractivity (Wildman–Crippen MR) is 128 cm³/mol. The summed E-state index contributed by atoms with van der Waals surface area (Å²) in [6.45, 7) is 0. The second-order valence-electron chi connectivity index (χ2n) is 7.61. The van der Waals surface area contributed by atoms with Crippen molar-refractivity contribution in [2.45, 2.75) is 6.18 Å². The van der Waals surface area contributed by atoms with E-state index in [0.29, 0.717) is 29.1 Å². The molecule has 10 heteroatoms. The van der Waals surface area contributed by atoms with Crippen molar-refractivity contribution < 1.29 is 17.9 Å². The van der Waals surface area contributed by atoms with Gasteiger partial charge in [-0.05, 0) is 60.2 Å². The second kappa shape index (κ2) is 8.98. The number of nitrogens with one attached hydrogen (secondary N) is 3. The molecule has 0 unspecified atom stereocenters. The first kappa shape index (κ1) is 22.2. The first-order valence-corrected chi connectivity index (χ1v) is 10.6. The molecule has 7 nitrogen and oxygen atoms in total. The normalized spacial score (nSPS) is 11.4. The fourth-order valence-electron chi connectivity index (χ4n) is 3.51. The van der Waals surface area contributed by atoms with Gasteiger partial charge in [-0.1, -0.05) is 12.1 Å². The minimum atomic E-state index is -4.41. The summed E-state index contributed by atoms with van der Waals surface area (Å²) < 4.78 is 44.9. The Hall–Kier alpha value is -4.60. The van der Waals surface area contributed by atoms with E-state index in [9.17, 15) is 13.2 Å². The van der Waals surface area contributed by atoms with Gasteiger partial charge in [-0.15, -0.1) is 0 Å². The number of aromatic amines is 1. The molecule has 0 spiro atoms. The zero-order valence-corrected chi connectivity index (χ0v) is 18.4. The maximum absolute atomic E-state index is 12.9. The fourth-order valence-corrected chi connectivity index (χ4v) is 3.51. The molecule has 2 aromatic heterocycles. The summed E-state index contributed by atoms with van der Waals surface area (Å²) in [6, 6.07) is 17.9. The molecule has 176 valence electrons. The Balaban J connectivity index is 1.31. The Morgan fingerprint density at radius 1 is 0.914 bits per heavy atom. The molecule has 5 rings (SSSR count). The highest BCUT2D eigenvalue weighted by Crippen LogP contribution is 2.32. The fraction of sp³-hybridized carbons (Fsp3) is 0.0800. The third-order valence-electron chi connectivity index (χ3n) is 5.23. The van der Waals surface area contributed by atoms with E-state index in [0.717, 1.165) is 28.6 Å². The Morgan fingerprint density at radius 3 is 2.49 bits per heavy atom. The van der Waals surface area contributed by atoms with Crippen LogP contribution in [0.1, 0.15) is 5.56 Å². The summed E-state index contributed by atoms with van der Waals surface area (Å²) in [5.41, 5.74) is 1.85. The van der Waals surface area contributed by atoms with Crippen molar-refractivity contribution >= 4 is 28.5 Å². The van der Waals surface area contributed by atoms with Crippen molar-refractivity contribution in [3.05, 3.63) is 84.7 Å². The maximum Gasteiger partial charge on any atom is 0.416 e. The highest BCUT2D eigenvalue weighted by molar-refractivity contribution is 5.85. The Labute approximate surface area is 198 Å². The van der Waals surface area contributed by atoms with Crippen molar-refractivity contribution in [3.8, 4) is 22.8 Å². The summed E-state index contributed by atoms with van der Waals surface area (Å²) >= 11 is 0. The summed E-state index contributed by atoms with van der Waals surface area (Å²) in [5, 5.41) is 6.57. The summed E-state index contributed by atoms with van der Waals surface area (Å²) in [7, 11) is 1.76. The monoisotopic (exact) mass is 476 g/mol. The topological polar surface area (TPSA) is 87.8 Å². The lowest BCUT2D eigenvalue weighted by Gasteiger charge is -2.10. The number of alkyl halides is 3. The van der Waals surface area contributed by atoms with Crippen LogP contribution in [0.15, 0.2) is 79.1 Å². The molecule has 0 saturated heterocycles. The number of H-pyrrole nitrogens is 1. The van der Waals surface area contributed by atoms with Crippen LogP contribution in [-0.2, 0) is 6.18 Å².